The van der Waals surface area contributed by atoms with Gasteiger partial charge in [-0.25, -0.2) is 15.0 Å². The number of carbonyl (C=O) groups excluding carboxylic acids is 1. The number of nitrogens with one attached hydrogen (secondary N) is 1. The highest BCUT2D eigenvalue weighted by Crippen LogP contribution is 2.30. The lowest BCUT2D eigenvalue weighted by molar-refractivity contribution is -0.129. The minimum atomic E-state index is -0.138. The Morgan fingerprint density at radius 1 is 1.23 bits per heavy atom. The second-order valence-electron chi connectivity index (χ2n) is 7.43. The van der Waals surface area contributed by atoms with E-state index >= 15 is 0 Å². The quantitative estimate of drug-likeness (QED) is 0.628. The molecule has 1 N–H and O–H groups in total. The van der Waals surface area contributed by atoms with Crippen LogP contribution in [0, 0.1) is 13.8 Å². The number of carbonyl (C=O) groups is 1. The van der Waals surface area contributed by atoms with Crippen LogP contribution in [0.4, 0.5) is 10.9 Å². The molecule has 0 bridgehead atoms. The molecule has 1 amide bonds. The van der Waals surface area contributed by atoms with Crippen LogP contribution in [0.2, 0.25) is 0 Å². The number of anilines is 2. The van der Waals surface area contributed by atoms with Crippen LogP contribution in [0.25, 0.3) is 6.08 Å². The van der Waals surface area contributed by atoms with Gasteiger partial charge in [0.25, 0.3) is 0 Å². The summed E-state index contributed by atoms with van der Waals surface area (Å²) in [6.45, 7) is 4.61. The van der Waals surface area contributed by atoms with Gasteiger partial charge in [-0.1, -0.05) is 0 Å². The number of hydrogen-bond acceptors (Lipinski definition) is 7. The zero-order chi connectivity index (χ0) is 21.1. The van der Waals surface area contributed by atoms with Crippen molar-refractivity contribution in [1.29, 1.82) is 0 Å². The van der Waals surface area contributed by atoms with Crippen molar-refractivity contribution < 1.29 is 4.79 Å². The number of amides is 1. The molecule has 4 rings (SSSR count). The summed E-state index contributed by atoms with van der Waals surface area (Å²) < 4.78 is 1.74. The molecular formula is C21H25N7OS. The minimum absolute atomic E-state index is 0.0314. The summed E-state index contributed by atoms with van der Waals surface area (Å²) in [5.41, 5.74) is 2.71. The van der Waals surface area contributed by atoms with E-state index in [9.17, 15) is 4.79 Å². The molecule has 9 heteroatoms. The second kappa shape index (κ2) is 8.74. The van der Waals surface area contributed by atoms with Crippen LogP contribution in [0.1, 0.15) is 48.2 Å². The van der Waals surface area contributed by atoms with Crippen molar-refractivity contribution in [2.24, 2.45) is 7.05 Å². The molecule has 8 nitrogen and oxygen atoms in total. The first-order valence-corrected chi connectivity index (χ1v) is 10.9. The maximum Gasteiger partial charge on any atom is 0.247 e. The van der Waals surface area contributed by atoms with E-state index in [1.54, 1.807) is 34.4 Å². The number of aromatic nitrogens is 5. The van der Waals surface area contributed by atoms with E-state index in [1.165, 1.54) is 0 Å². The maximum atomic E-state index is 13.0. The summed E-state index contributed by atoms with van der Waals surface area (Å²) in [7, 11) is 1.85. The van der Waals surface area contributed by atoms with E-state index < -0.39 is 0 Å². The predicted molar refractivity (Wildman–Crippen MR) is 117 cm³/mol. The lowest BCUT2D eigenvalue weighted by atomic mass is 10.0. The second-order valence-corrected chi connectivity index (χ2v) is 8.29. The number of nitrogens with zero attached hydrogens (tertiary/aromatic N) is 6. The van der Waals surface area contributed by atoms with Gasteiger partial charge >= 0.3 is 0 Å². The van der Waals surface area contributed by atoms with Crippen molar-refractivity contribution in [1.82, 2.24) is 29.6 Å². The average molecular weight is 424 g/mol. The fourth-order valence-electron chi connectivity index (χ4n) is 3.59. The Hall–Kier alpha value is -3.07. The Morgan fingerprint density at radius 2 is 2.10 bits per heavy atom. The molecule has 156 valence electrons. The van der Waals surface area contributed by atoms with Gasteiger partial charge in [0.1, 0.15) is 5.82 Å². The average Bonchev–Trinajstić information content (AvgIpc) is 3.33. The highest BCUT2D eigenvalue weighted by atomic mass is 32.1. The van der Waals surface area contributed by atoms with Gasteiger partial charge in [0.15, 0.2) is 11.0 Å². The lowest BCUT2D eigenvalue weighted by Gasteiger charge is -2.34. The fourth-order valence-corrected chi connectivity index (χ4v) is 4.28. The summed E-state index contributed by atoms with van der Waals surface area (Å²) >= 11 is 1.54. The standard InChI is InChI=1S/C21H25N7OS/c1-14-12-18(26-21-24-15(2)13-30-21)25-20(23-14)17-6-4-5-11-28(17)19(29)8-7-16-9-10-22-27(16)3/h7-10,12-13,17H,4-6,11H2,1-3H3,(H,23,24,25,26)/b8-7+/t17-/m1/s1. The van der Waals surface area contributed by atoms with Gasteiger partial charge in [0.05, 0.1) is 17.4 Å². The molecule has 0 radical (unpaired) electrons. The molecule has 1 fully saturated rings. The minimum Gasteiger partial charge on any atom is -0.329 e. The molecule has 3 aromatic heterocycles. The van der Waals surface area contributed by atoms with Crippen molar-refractivity contribution in [3.8, 4) is 0 Å². The van der Waals surface area contributed by atoms with E-state index in [2.05, 4.69) is 20.4 Å². The molecule has 30 heavy (non-hydrogen) atoms. The van der Waals surface area contributed by atoms with E-state index in [0.29, 0.717) is 18.2 Å². The molecular weight excluding hydrogens is 398 g/mol. The molecule has 4 heterocycles. The largest absolute Gasteiger partial charge is 0.329 e. The molecule has 1 atom stereocenters. The van der Waals surface area contributed by atoms with Crippen LogP contribution in [-0.2, 0) is 11.8 Å². The fraction of sp³-hybridized carbons (Fsp3) is 0.381. The number of rotatable bonds is 5. The summed E-state index contributed by atoms with van der Waals surface area (Å²) in [5, 5.41) is 10.2. The highest BCUT2D eigenvalue weighted by molar-refractivity contribution is 7.13. The topological polar surface area (TPSA) is 88.8 Å². The van der Waals surface area contributed by atoms with Gasteiger partial charge in [0.2, 0.25) is 5.91 Å². The number of hydrogen-bond donors (Lipinski definition) is 1. The highest BCUT2D eigenvalue weighted by Gasteiger charge is 2.29. The molecule has 1 saturated heterocycles. The van der Waals surface area contributed by atoms with Gasteiger partial charge in [-0.3, -0.25) is 9.48 Å². The normalized spacial score (nSPS) is 16.9. The van der Waals surface area contributed by atoms with Crippen molar-refractivity contribution in [3.05, 3.63) is 52.7 Å². The Morgan fingerprint density at radius 3 is 2.83 bits per heavy atom. The van der Waals surface area contributed by atoms with Crippen LogP contribution >= 0.6 is 11.3 Å². The molecule has 0 unspecified atom stereocenters. The van der Waals surface area contributed by atoms with E-state index in [4.69, 9.17) is 4.98 Å². The summed E-state index contributed by atoms with van der Waals surface area (Å²) in [6, 6.07) is 3.64. The molecule has 1 aliphatic heterocycles. The van der Waals surface area contributed by atoms with Crippen molar-refractivity contribution >= 4 is 34.3 Å². The van der Waals surface area contributed by atoms with Crippen molar-refractivity contribution in [2.45, 2.75) is 39.2 Å². The Bertz CT molecular complexity index is 1070. The van der Waals surface area contributed by atoms with Crippen molar-refractivity contribution in [3.63, 3.8) is 0 Å². The zero-order valence-corrected chi connectivity index (χ0v) is 18.2. The monoisotopic (exact) mass is 423 g/mol. The van der Waals surface area contributed by atoms with Crippen molar-refractivity contribution in [2.75, 3.05) is 11.9 Å². The third-order valence-electron chi connectivity index (χ3n) is 5.06. The predicted octanol–water partition coefficient (Wildman–Crippen LogP) is 3.79. The smallest absolute Gasteiger partial charge is 0.247 e. The third kappa shape index (κ3) is 4.56. The summed E-state index contributed by atoms with van der Waals surface area (Å²) in [4.78, 5) is 28.7. The summed E-state index contributed by atoms with van der Waals surface area (Å²) in [6.07, 6.45) is 8.01. The van der Waals surface area contributed by atoms with Gasteiger partial charge in [-0.05, 0) is 45.3 Å². The zero-order valence-electron chi connectivity index (χ0n) is 17.4. The Labute approximate surface area is 179 Å². The molecule has 0 saturated carbocycles. The van der Waals surface area contributed by atoms with Crippen LogP contribution in [0.3, 0.4) is 0 Å². The molecule has 0 aliphatic carbocycles. The number of aryl methyl sites for hydroxylation is 3. The van der Waals surface area contributed by atoms with Crippen LogP contribution in [0.5, 0.6) is 0 Å². The molecule has 0 spiro atoms. The van der Waals surface area contributed by atoms with E-state index in [0.717, 1.165) is 41.5 Å². The van der Waals surface area contributed by atoms with E-state index in [-0.39, 0.29) is 11.9 Å². The van der Waals surface area contributed by atoms with Gasteiger partial charge in [-0.15, -0.1) is 11.3 Å². The first-order chi connectivity index (χ1) is 14.5. The Kier molecular flexibility index (Phi) is 5.89. The van der Waals surface area contributed by atoms with Crippen LogP contribution < -0.4 is 5.32 Å². The van der Waals surface area contributed by atoms with Gasteiger partial charge in [0, 0.05) is 43.0 Å². The molecule has 0 aromatic carbocycles. The van der Waals surface area contributed by atoms with Crippen LogP contribution in [-0.4, -0.2) is 42.1 Å². The first kappa shape index (κ1) is 20.2. The van der Waals surface area contributed by atoms with Crippen LogP contribution in [0.15, 0.2) is 29.8 Å². The third-order valence-corrected chi connectivity index (χ3v) is 5.94. The van der Waals surface area contributed by atoms with Gasteiger partial charge in [-0.2, -0.15) is 5.10 Å². The molecule has 1 aliphatic rings. The SMILES string of the molecule is Cc1cc(Nc2nc(C)cs2)nc([C@H]2CCCCN2C(=O)/C=C/c2ccnn2C)n1. The first-order valence-electron chi connectivity index (χ1n) is 10.0. The Balaban J connectivity index is 1.56. The van der Waals surface area contributed by atoms with E-state index in [1.807, 2.05) is 43.3 Å². The van der Waals surface area contributed by atoms with Gasteiger partial charge < -0.3 is 10.2 Å². The molecule has 3 aromatic rings. The number of piperidine rings is 1. The summed E-state index contributed by atoms with van der Waals surface area (Å²) in [5.74, 6) is 1.35. The number of thiazole rings is 1. The maximum absolute atomic E-state index is 13.0. The number of likely N-dealkylation sites (tertiary alicyclic amines) is 1. The lowest BCUT2D eigenvalue weighted by Crippen LogP contribution is -2.38.